The Morgan fingerprint density at radius 1 is 1.11 bits per heavy atom. The van der Waals surface area contributed by atoms with Crippen LogP contribution in [0.15, 0.2) is 47.4 Å². The molecule has 194 valence electrons. The molecule has 2 saturated heterocycles. The highest BCUT2D eigenvalue weighted by atomic mass is 35.5. The van der Waals surface area contributed by atoms with Crippen LogP contribution in [0.4, 0.5) is 4.79 Å². The van der Waals surface area contributed by atoms with Crippen molar-refractivity contribution in [1.29, 1.82) is 0 Å². The number of amides is 3. The van der Waals surface area contributed by atoms with Crippen molar-refractivity contribution < 1.29 is 27.5 Å². The van der Waals surface area contributed by atoms with Crippen molar-refractivity contribution in [2.75, 3.05) is 13.1 Å². The molecule has 0 bridgehead atoms. The number of imide groups is 1. The Hall–Kier alpha value is -2.40. The number of hydrogen-bond acceptors (Lipinski definition) is 6. The van der Waals surface area contributed by atoms with E-state index in [4.69, 9.17) is 27.9 Å². The maximum Gasteiger partial charge on any atom is 0.410 e. The van der Waals surface area contributed by atoms with E-state index < -0.39 is 45.6 Å². The standard InChI is InChI=1S/C24H27Cl2N3O6S/c1-24(2,3)35-23(32)28-12-15(27-36(33,34)20-10-14(25)8-9-19(20)26)11-16(28)13-29-21(30)17-6-4-5-7-18(17)22(29)31/h4-10,15-18,27H,11-13H2,1-3H3/t15-,16-,17?,18?/m1/s1. The Bertz CT molecular complexity index is 1230. The summed E-state index contributed by atoms with van der Waals surface area (Å²) in [4.78, 5) is 41.3. The molecule has 0 spiro atoms. The molecule has 9 nitrogen and oxygen atoms in total. The van der Waals surface area contributed by atoms with E-state index in [1.807, 2.05) is 0 Å². The fraction of sp³-hybridized carbons (Fsp3) is 0.458. The molecule has 0 radical (unpaired) electrons. The number of likely N-dealkylation sites (tertiary alicyclic amines) is 2. The summed E-state index contributed by atoms with van der Waals surface area (Å²) in [5.41, 5.74) is -0.794. The van der Waals surface area contributed by atoms with Gasteiger partial charge in [0.15, 0.2) is 0 Å². The van der Waals surface area contributed by atoms with Gasteiger partial charge >= 0.3 is 6.09 Å². The Morgan fingerprint density at radius 2 is 1.72 bits per heavy atom. The first kappa shape index (κ1) is 26.7. The number of nitrogens with one attached hydrogen (secondary N) is 1. The third-order valence-electron chi connectivity index (χ3n) is 6.18. The number of ether oxygens (including phenoxy) is 1. The number of allylic oxidation sites excluding steroid dienone is 2. The summed E-state index contributed by atoms with van der Waals surface area (Å²) in [5.74, 6) is -1.83. The van der Waals surface area contributed by atoms with Crippen molar-refractivity contribution in [2.24, 2.45) is 11.8 Å². The Morgan fingerprint density at radius 3 is 2.31 bits per heavy atom. The van der Waals surface area contributed by atoms with E-state index in [0.29, 0.717) is 0 Å². The topological polar surface area (TPSA) is 113 Å². The molecule has 1 aromatic rings. The minimum Gasteiger partial charge on any atom is -0.444 e. The van der Waals surface area contributed by atoms with E-state index in [1.54, 1.807) is 45.1 Å². The SMILES string of the molecule is CC(C)(C)OC(=O)N1C[C@H](NS(=O)(=O)c2cc(Cl)ccc2Cl)C[C@@H]1CN1C(=O)C2C=CC=CC2C1=O. The van der Waals surface area contributed by atoms with Gasteiger partial charge < -0.3 is 9.64 Å². The molecule has 2 heterocycles. The van der Waals surface area contributed by atoms with Crippen LogP contribution in [0.5, 0.6) is 0 Å². The maximum atomic E-state index is 13.1. The van der Waals surface area contributed by atoms with Gasteiger partial charge in [0, 0.05) is 24.2 Å². The minimum atomic E-state index is -4.08. The number of nitrogens with zero attached hydrogens (tertiary/aromatic N) is 2. The first-order valence-electron chi connectivity index (χ1n) is 11.4. The summed E-state index contributed by atoms with van der Waals surface area (Å²) in [7, 11) is -4.08. The molecule has 2 aliphatic heterocycles. The van der Waals surface area contributed by atoms with Crippen LogP contribution in [0.25, 0.3) is 0 Å². The molecule has 2 fully saturated rings. The van der Waals surface area contributed by atoms with Crippen molar-refractivity contribution in [3.63, 3.8) is 0 Å². The number of carbonyl (C=O) groups excluding carboxylic acids is 3. The van der Waals surface area contributed by atoms with Crippen LogP contribution in [0.1, 0.15) is 27.2 Å². The zero-order valence-corrected chi connectivity index (χ0v) is 22.3. The average molecular weight is 556 g/mol. The normalized spacial score (nSPS) is 26.0. The van der Waals surface area contributed by atoms with E-state index >= 15 is 0 Å². The number of halogens is 2. The lowest BCUT2D eigenvalue weighted by atomic mass is 9.91. The Labute approximate surface area is 220 Å². The van der Waals surface area contributed by atoms with E-state index in [2.05, 4.69) is 4.72 Å². The molecular weight excluding hydrogens is 529 g/mol. The fourth-order valence-corrected chi connectivity index (χ4v) is 6.63. The summed E-state index contributed by atoms with van der Waals surface area (Å²) in [5, 5.41) is 0.206. The van der Waals surface area contributed by atoms with Crippen LogP contribution in [-0.2, 0) is 24.3 Å². The lowest BCUT2D eigenvalue weighted by Crippen LogP contribution is -2.47. The number of carbonyl (C=O) groups is 3. The van der Waals surface area contributed by atoms with Crippen molar-refractivity contribution in [3.05, 3.63) is 52.5 Å². The zero-order valence-electron chi connectivity index (χ0n) is 20.0. The molecule has 1 aromatic carbocycles. The van der Waals surface area contributed by atoms with Crippen LogP contribution >= 0.6 is 23.2 Å². The summed E-state index contributed by atoms with van der Waals surface area (Å²) in [6.45, 7) is 5.07. The lowest BCUT2D eigenvalue weighted by Gasteiger charge is -2.30. The second-order valence-electron chi connectivity index (χ2n) is 10.0. The molecule has 36 heavy (non-hydrogen) atoms. The van der Waals surface area contributed by atoms with E-state index in [0.717, 1.165) is 4.90 Å². The lowest BCUT2D eigenvalue weighted by molar-refractivity contribution is -0.140. The van der Waals surface area contributed by atoms with Crippen LogP contribution in [-0.4, -0.2) is 66.9 Å². The minimum absolute atomic E-state index is 0.00224. The van der Waals surface area contributed by atoms with Crippen LogP contribution < -0.4 is 4.72 Å². The summed E-state index contributed by atoms with van der Waals surface area (Å²) < 4.78 is 34.2. The fourth-order valence-electron chi connectivity index (χ4n) is 4.62. The average Bonchev–Trinajstić information content (AvgIpc) is 3.28. The van der Waals surface area contributed by atoms with Gasteiger partial charge in [0.25, 0.3) is 0 Å². The van der Waals surface area contributed by atoms with Crippen molar-refractivity contribution in [1.82, 2.24) is 14.5 Å². The van der Waals surface area contributed by atoms with Crippen LogP contribution in [0, 0.1) is 11.8 Å². The van der Waals surface area contributed by atoms with Gasteiger partial charge in [0.2, 0.25) is 21.8 Å². The molecule has 3 amide bonds. The van der Waals surface area contributed by atoms with Gasteiger partial charge in [-0.3, -0.25) is 14.5 Å². The van der Waals surface area contributed by atoms with Gasteiger partial charge in [-0.25, -0.2) is 17.9 Å². The molecular formula is C24H27Cl2N3O6S. The molecule has 0 saturated carbocycles. The van der Waals surface area contributed by atoms with Crippen LogP contribution in [0.3, 0.4) is 0 Å². The number of hydrogen-bond donors (Lipinski definition) is 1. The smallest absolute Gasteiger partial charge is 0.410 e. The van der Waals surface area contributed by atoms with Gasteiger partial charge in [-0.2, -0.15) is 0 Å². The molecule has 0 aromatic heterocycles. The third kappa shape index (κ3) is 5.46. The molecule has 4 atom stereocenters. The second-order valence-corrected chi connectivity index (χ2v) is 12.5. The monoisotopic (exact) mass is 555 g/mol. The highest BCUT2D eigenvalue weighted by Crippen LogP contribution is 2.33. The number of sulfonamides is 1. The summed E-state index contributed by atoms with van der Waals surface area (Å²) in [6, 6.07) is 2.75. The number of benzene rings is 1. The number of fused-ring (bicyclic) bond motifs is 1. The van der Waals surface area contributed by atoms with E-state index in [1.165, 1.54) is 23.1 Å². The van der Waals surface area contributed by atoms with Gasteiger partial charge in [-0.05, 0) is 45.4 Å². The maximum absolute atomic E-state index is 13.1. The molecule has 3 aliphatic rings. The summed E-state index contributed by atoms with van der Waals surface area (Å²) >= 11 is 12.1. The van der Waals surface area contributed by atoms with Gasteiger partial charge in [0.05, 0.1) is 22.9 Å². The largest absolute Gasteiger partial charge is 0.444 e. The van der Waals surface area contributed by atoms with Gasteiger partial charge in [-0.15, -0.1) is 0 Å². The van der Waals surface area contributed by atoms with Crippen molar-refractivity contribution in [2.45, 2.75) is 49.8 Å². The second kappa shape index (κ2) is 9.81. The van der Waals surface area contributed by atoms with E-state index in [-0.39, 0.29) is 46.3 Å². The number of rotatable bonds is 5. The molecule has 1 N–H and O–H groups in total. The molecule has 12 heteroatoms. The first-order chi connectivity index (χ1) is 16.8. The van der Waals surface area contributed by atoms with Crippen molar-refractivity contribution in [3.8, 4) is 0 Å². The molecule has 2 unspecified atom stereocenters. The predicted molar refractivity (Wildman–Crippen MR) is 134 cm³/mol. The van der Waals surface area contributed by atoms with Gasteiger partial charge in [0.1, 0.15) is 10.5 Å². The van der Waals surface area contributed by atoms with Gasteiger partial charge in [-0.1, -0.05) is 47.5 Å². The Balaban J connectivity index is 1.56. The van der Waals surface area contributed by atoms with E-state index in [9.17, 15) is 22.8 Å². The summed E-state index contributed by atoms with van der Waals surface area (Å²) in [6.07, 6.45) is 6.34. The quantitative estimate of drug-likeness (QED) is 0.557. The highest BCUT2D eigenvalue weighted by Gasteiger charge is 2.48. The van der Waals surface area contributed by atoms with Crippen LogP contribution in [0.2, 0.25) is 10.0 Å². The predicted octanol–water partition coefficient (Wildman–Crippen LogP) is 3.38. The third-order valence-corrected chi connectivity index (χ3v) is 8.41. The molecule has 4 rings (SSSR count). The zero-order chi connectivity index (χ0) is 26.4. The van der Waals surface area contributed by atoms with Crippen molar-refractivity contribution >= 4 is 51.1 Å². The Kier molecular flexibility index (Phi) is 7.27. The highest BCUT2D eigenvalue weighted by molar-refractivity contribution is 7.89. The first-order valence-corrected chi connectivity index (χ1v) is 13.7. The molecule has 1 aliphatic carbocycles.